The summed E-state index contributed by atoms with van der Waals surface area (Å²) < 4.78 is 13.7. The fourth-order valence-electron chi connectivity index (χ4n) is 3.33. The summed E-state index contributed by atoms with van der Waals surface area (Å²) in [5.41, 5.74) is 1.17. The van der Waals surface area contributed by atoms with Gasteiger partial charge in [0.1, 0.15) is 5.82 Å². The van der Waals surface area contributed by atoms with Crippen molar-refractivity contribution >= 4 is 29.1 Å². The number of aryl methyl sites for hydroxylation is 1. The first-order valence-electron chi connectivity index (χ1n) is 9.42. The highest BCUT2D eigenvalue weighted by Crippen LogP contribution is 2.19. The second kappa shape index (κ2) is 9.66. The molecule has 0 saturated carbocycles. The van der Waals surface area contributed by atoms with Gasteiger partial charge in [-0.15, -0.1) is 0 Å². The molecule has 0 unspecified atom stereocenters. The number of anilines is 1. The topological polar surface area (TPSA) is 53.9 Å². The van der Waals surface area contributed by atoms with Gasteiger partial charge in [-0.2, -0.15) is 0 Å². The number of nitrogens with zero attached hydrogens (tertiary/aromatic N) is 1. The molecule has 1 aliphatic rings. The van der Waals surface area contributed by atoms with E-state index in [-0.39, 0.29) is 17.6 Å². The Morgan fingerprint density at radius 2 is 1.75 bits per heavy atom. The van der Waals surface area contributed by atoms with Crippen LogP contribution in [0.25, 0.3) is 0 Å². The molecule has 5 nitrogen and oxygen atoms in total. The third kappa shape index (κ3) is 5.53. The fraction of sp³-hybridized carbons (Fsp3) is 0.333. The lowest BCUT2D eigenvalue weighted by Crippen LogP contribution is -3.15. The van der Waals surface area contributed by atoms with Gasteiger partial charge in [0.25, 0.3) is 5.91 Å². The monoisotopic (exact) mass is 404 g/mol. The van der Waals surface area contributed by atoms with Gasteiger partial charge in [-0.05, 0) is 30.2 Å². The summed E-state index contributed by atoms with van der Waals surface area (Å²) in [6.45, 7) is 2.96. The summed E-state index contributed by atoms with van der Waals surface area (Å²) in [6, 6.07) is 13.7. The molecule has 0 radical (unpaired) electrons. The number of carbonyl (C=O) groups is 2. The van der Waals surface area contributed by atoms with E-state index in [9.17, 15) is 14.0 Å². The fourth-order valence-corrected chi connectivity index (χ4v) is 3.52. The van der Waals surface area contributed by atoms with Crippen LogP contribution in [0.2, 0.25) is 5.02 Å². The molecule has 2 aromatic carbocycles. The first-order chi connectivity index (χ1) is 13.5. The summed E-state index contributed by atoms with van der Waals surface area (Å²) in [6.07, 6.45) is 0.697. The molecule has 2 amide bonds. The number of rotatable bonds is 6. The lowest BCUT2D eigenvalue weighted by Gasteiger charge is -2.32. The Kier molecular flexibility index (Phi) is 7.01. The number of para-hydroxylation sites is 1. The molecule has 0 spiro atoms. The molecule has 0 atom stereocenters. The predicted molar refractivity (Wildman–Crippen MR) is 107 cm³/mol. The maximum absolute atomic E-state index is 13.7. The second-order valence-corrected chi connectivity index (χ2v) is 7.33. The largest absolute Gasteiger partial charge is 0.331 e. The molecule has 0 bridgehead atoms. The van der Waals surface area contributed by atoms with Crippen molar-refractivity contribution in [1.29, 1.82) is 0 Å². The summed E-state index contributed by atoms with van der Waals surface area (Å²) in [5, 5.41) is 3.34. The quantitative estimate of drug-likeness (QED) is 0.771. The Labute approximate surface area is 169 Å². The van der Waals surface area contributed by atoms with E-state index in [4.69, 9.17) is 11.6 Å². The minimum atomic E-state index is -0.269. The number of quaternary nitrogens is 1. The third-order valence-electron chi connectivity index (χ3n) is 4.95. The molecular formula is C21H24ClFN3O2+. The molecule has 148 valence electrons. The van der Waals surface area contributed by atoms with Crippen LogP contribution in [0.5, 0.6) is 0 Å². The second-order valence-electron chi connectivity index (χ2n) is 6.93. The van der Waals surface area contributed by atoms with E-state index in [1.54, 1.807) is 35.2 Å². The predicted octanol–water partition coefficient (Wildman–Crippen LogP) is 1.78. The average Bonchev–Trinajstić information content (AvgIpc) is 2.69. The van der Waals surface area contributed by atoms with Crippen LogP contribution < -0.4 is 10.2 Å². The van der Waals surface area contributed by atoms with E-state index in [0.29, 0.717) is 61.8 Å². The third-order valence-corrected chi connectivity index (χ3v) is 5.28. The molecule has 1 heterocycles. The Bertz CT molecular complexity index is 838. The molecule has 1 saturated heterocycles. The minimum Gasteiger partial charge on any atom is -0.331 e. The van der Waals surface area contributed by atoms with E-state index >= 15 is 0 Å². The number of benzene rings is 2. The lowest BCUT2D eigenvalue weighted by molar-refractivity contribution is -0.895. The van der Waals surface area contributed by atoms with Crippen LogP contribution in [0.15, 0.2) is 48.5 Å². The van der Waals surface area contributed by atoms with Crippen LogP contribution in [0.1, 0.15) is 12.0 Å². The number of halogens is 2. The van der Waals surface area contributed by atoms with E-state index in [1.807, 2.05) is 12.1 Å². The number of carbonyl (C=O) groups excluding carboxylic acids is 2. The molecule has 1 aliphatic heterocycles. The van der Waals surface area contributed by atoms with Gasteiger partial charge >= 0.3 is 0 Å². The Morgan fingerprint density at radius 1 is 1.07 bits per heavy atom. The number of piperazine rings is 1. The summed E-state index contributed by atoms with van der Waals surface area (Å²) in [4.78, 5) is 27.6. The minimum absolute atomic E-state index is 0.0304. The Balaban J connectivity index is 1.41. The molecule has 2 N–H and O–H groups in total. The van der Waals surface area contributed by atoms with E-state index in [1.165, 1.54) is 6.07 Å². The number of amides is 2. The normalized spacial score (nSPS) is 14.7. The smallest absolute Gasteiger partial charge is 0.279 e. The van der Waals surface area contributed by atoms with Crippen molar-refractivity contribution in [2.24, 2.45) is 0 Å². The molecular weight excluding hydrogens is 381 g/mol. The zero-order valence-corrected chi connectivity index (χ0v) is 16.3. The summed E-state index contributed by atoms with van der Waals surface area (Å²) >= 11 is 6.06. The van der Waals surface area contributed by atoms with Crippen LogP contribution >= 0.6 is 11.6 Å². The van der Waals surface area contributed by atoms with Crippen LogP contribution in [0.3, 0.4) is 0 Å². The van der Waals surface area contributed by atoms with Crippen LogP contribution in [0.4, 0.5) is 10.1 Å². The van der Waals surface area contributed by atoms with Crippen molar-refractivity contribution < 1.29 is 18.9 Å². The highest BCUT2D eigenvalue weighted by atomic mass is 35.5. The average molecular weight is 405 g/mol. The van der Waals surface area contributed by atoms with Gasteiger partial charge in [-0.25, -0.2) is 4.39 Å². The van der Waals surface area contributed by atoms with Crippen molar-refractivity contribution in [1.82, 2.24) is 4.90 Å². The Hall–Kier alpha value is -2.44. The van der Waals surface area contributed by atoms with Crippen molar-refractivity contribution in [3.8, 4) is 0 Å². The van der Waals surface area contributed by atoms with Crippen molar-refractivity contribution in [3.63, 3.8) is 0 Å². The van der Waals surface area contributed by atoms with Gasteiger partial charge in [0, 0.05) is 6.42 Å². The summed E-state index contributed by atoms with van der Waals surface area (Å²) in [5.74, 6) is -0.334. The zero-order valence-electron chi connectivity index (χ0n) is 15.6. The van der Waals surface area contributed by atoms with E-state index in [0.717, 1.165) is 4.90 Å². The Morgan fingerprint density at radius 3 is 2.46 bits per heavy atom. The lowest BCUT2D eigenvalue weighted by atomic mass is 10.1. The summed E-state index contributed by atoms with van der Waals surface area (Å²) in [7, 11) is 0. The van der Waals surface area contributed by atoms with Crippen molar-refractivity contribution in [3.05, 3.63) is 64.9 Å². The SMILES string of the molecule is O=C(C[NH+]1CCN(C(=O)CCc2ccccc2F)CC1)Nc1ccccc1Cl. The maximum Gasteiger partial charge on any atom is 0.279 e. The van der Waals surface area contributed by atoms with Gasteiger partial charge in [0.2, 0.25) is 5.91 Å². The van der Waals surface area contributed by atoms with Gasteiger partial charge in [-0.1, -0.05) is 41.9 Å². The highest BCUT2D eigenvalue weighted by Gasteiger charge is 2.25. The number of hydrogen-bond acceptors (Lipinski definition) is 2. The molecule has 1 fully saturated rings. The standard InChI is InChI=1S/C21H23ClFN3O2/c22-17-6-2-4-8-19(17)24-20(27)15-25-11-13-26(14-12-25)21(28)10-9-16-5-1-3-7-18(16)23/h1-8H,9-15H2,(H,24,27)/p+1. The van der Waals surface area contributed by atoms with Crippen molar-refractivity contribution in [2.45, 2.75) is 12.8 Å². The van der Waals surface area contributed by atoms with Crippen LogP contribution in [-0.2, 0) is 16.0 Å². The zero-order chi connectivity index (χ0) is 19.9. The first-order valence-corrected chi connectivity index (χ1v) is 9.80. The van der Waals surface area contributed by atoms with E-state index < -0.39 is 0 Å². The molecule has 7 heteroatoms. The molecule has 0 aliphatic carbocycles. The molecule has 28 heavy (non-hydrogen) atoms. The van der Waals surface area contributed by atoms with Gasteiger partial charge in [0.15, 0.2) is 6.54 Å². The molecule has 2 aromatic rings. The molecule has 0 aromatic heterocycles. The van der Waals surface area contributed by atoms with Crippen LogP contribution in [-0.4, -0.2) is 49.4 Å². The number of hydrogen-bond donors (Lipinski definition) is 2. The highest BCUT2D eigenvalue weighted by molar-refractivity contribution is 6.33. The van der Waals surface area contributed by atoms with Gasteiger partial charge < -0.3 is 15.1 Å². The number of nitrogens with one attached hydrogen (secondary N) is 2. The maximum atomic E-state index is 13.7. The van der Waals surface area contributed by atoms with Gasteiger partial charge in [0.05, 0.1) is 36.9 Å². The first kappa shape index (κ1) is 20.3. The van der Waals surface area contributed by atoms with Gasteiger partial charge in [-0.3, -0.25) is 9.59 Å². The molecule has 3 rings (SSSR count). The van der Waals surface area contributed by atoms with Crippen LogP contribution in [0, 0.1) is 5.82 Å². The van der Waals surface area contributed by atoms with Crippen molar-refractivity contribution in [2.75, 3.05) is 38.0 Å². The van der Waals surface area contributed by atoms with E-state index in [2.05, 4.69) is 5.32 Å².